The van der Waals surface area contributed by atoms with Crippen LogP contribution in [0.3, 0.4) is 0 Å². The number of hydrogen-bond acceptors (Lipinski definition) is 2. The van der Waals surface area contributed by atoms with E-state index in [1.54, 1.807) is 0 Å². The number of halogens is 10. The lowest BCUT2D eigenvalue weighted by Gasteiger charge is -2.16. The first-order valence-electron chi connectivity index (χ1n) is 10.1. The molecule has 3 rings (SSSR count). The minimum atomic E-state index is -5.01. The Labute approximate surface area is 221 Å². The van der Waals surface area contributed by atoms with Crippen molar-refractivity contribution in [2.75, 3.05) is 11.9 Å². The van der Waals surface area contributed by atoms with E-state index in [9.17, 15) is 35.9 Å². The minimum Gasteiger partial charge on any atom is -0.352 e. The van der Waals surface area contributed by atoms with E-state index in [1.165, 1.54) is 12.1 Å². The quantitative estimate of drug-likeness (QED) is 0.258. The second-order valence-electron chi connectivity index (χ2n) is 8.25. The minimum absolute atomic E-state index is 0.244. The standard InChI is InChI=1S/C22H16Cl4F6N2O2/c1-20(28,29)4-5-33-18(35)11-7-10(8-12(17(11)24)22(30,31)32)34-19(36)16-15(21(16,25)26)9-2-3-14(27)13(23)6-9/h2-3,6-8,15-16H,4-5H2,1H3,(H,33,35)(H,34,36). The summed E-state index contributed by atoms with van der Waals surface area (Å²) in [6.07, 6.45) is -5.78. The summed E-state index contributed by atoms with van der Waals surface area (Å²) in [6, 6.07) is 4.95. The zero-order valence-corrected chi connectivity index (χ0v) is 21.1. The van der Waals surface area contributed by atoms with Gasteiger partial charge in [-0.15, -0.1) is 23.2 Å². The van der Waals surface area contributed by atoms with Gasteiger partial charge in [0, 0.05) is 24.6 Å². The molecule has 0 saturated heterocycles. The number of rotatable bonds is 7. The molecule has 1 aliphatic carbocycles. The van der Waals surface area contributed by atoms with Gasteiger partial charge in [-0.2, -0.15) is 13.2 Å². The highest BCUT2D eigenvalue weighted by Gasteiger charge is 2.67. The van der Waals surface area contributed by atoms with Crippen LogP contribution in [0.25, 0.3) is 0 Å². The van der Waals surface area contributed by atoms with Gasteiger partial charge in [0.15, 0.2) is 0 Å². The molecule has 0 heterocycles. The number of alkyl halides is 7. The Morgan fingerprint density at radius 3 is 2.25 bits per heavy atom. The summed E-state index contributed by atoms with van der Waals surface area (Å²) in [6.45, 7) is 0.0739. The van der Waals surface area contributed by atoms with Gasteiger partial charge in [-0.05, 0) is 36.8 Å². The molecule has 0 spiro atoms. The van der Waals surface area contributed by atoms with E-state index >= 15 is 0 Å². The van der Waals surface area contributed by atoms with Crippen LogP contribution >= 0.6 is 46.4 Å². The fourth-order valence-electron chi connectivity index (χ4n) is 3.55. The number of benzene rings is 2. The number of amides is 2. The summed E-state index contributed by atoms with van der Waals surface area (Å²) in [5.41, 5.74) is -2.27. The molecule has 1 fully saturated rings. The summed E-state index contributed by atoms with van der Waals surface area (Å²) in [5, 5.41) is 3.08. The Morgan fingerprint density at radius 1 is 1.06 bits per heavy atom. The average molecular weight is 596 g/mol. The van der Waals surface area contributed by atoms with Crippen molar-refractivity contribution < 1.29 is 35.9 Å². The summed E-state index contributed by atoms with van der Waals surface area (Å²) in [5.74, 6) is -7.89. The maximum absolute atomic E-state index is 13.6. The van der Waals surface area contributed by atoms with Crippen LogP contribution in [-0.2, 0) is 11.0 Å². The normalized spacial score (nSPS) is 19.1. The van der Waals surface area contributed by atoms with Crippen LogP contribution in [0.15, 0.2) is 30.3 Å². The van der Waals surface area contributed by atoms with Crippen molar-refractivity contribution in [2.24, 2.45) is 5.92 Å². The Balaban J connectivity index is 1.87. The second-order valence-corrected chi connectivity index (χ2v) is 10.5. The third kappa shape index (κ3) is 6.33. The van der Waals surface area contributed by atoms with E-state index in [2.05, 4.69) is 10.6 Å². The van der Waals surface area contributed by atoms with Crippen molar-refractivity contribution in [1.29, 1.82) is 0 Å². The molecule has 196 valence electrons. The highest BCUT2D eigenvalue weighted by atomic mass is 35.5. The molecule has 14 heteroatoms. The Hall–Kier alpha value is -1.88. The number of carbonyl (C=O) groups excluding carboxylic acids is 2. The highest BCUT2D eigenvalue weighted by molar-refractivity contribution is 6.53. The Bertz CT molecular complexity index is 1200. The van der Waals surface area contributed by atoms with Gasteiger partial charge in [0.25, 0.3) is 5.91 Å². The molecule has 0 radical (unpaired) electrons. The van der Waals surface area contributed by atoms with Crippen molar-refractivity contribution in [3.05, 3.63) is 62.9 Å². The van der Waals surface area contributed by atoms with Crippen LogP contribution in [0.2, 0.25) is 10.0 Å². The maximum Gasteiger partial charge on any atom is 0.417 e. The van der Waals surface area contributed by atoms with E-state index in [0.717, 1.165) is 12.1 Å². The zero-order valence-electron chi connectivity index (χ0n) is 18.1. The first kappa shape index (κ1) is 28.7. The fraction of sp³-hybridized carbons (Fsp3) is 0.364. The molecule has 36 heavy (non-hydrogen) atoms. The SMILES string of the molecule is CC(F)(F)CCNC(=O)c1cc(NC(=O)C2C(c3ccc(F)c(Cl)c3)C2(Cl)Cl)cc(C(F)(F)F)c1Cl. The third-order valence-corrected chi connectivity index (χ3v) is 7.02. The van der Waals surface area contributed by atoms with E-state index in [4.69, 9.17) is 46.4 Å². The predicted octanol–water partition coefficient (Wildman–Crippen LogP) is 7.45. The van der Waals surface area contributed by atoms with Crippen molar-refractivity contribution >= 4 is 63.9 Å². The fourth-order valence-corrected chi connectivity index (χ4v) is 4.87. The van der Waals surface area contributed by atoms with E-state index in [1.807, 2.05) is 0 Å². The first-order chi connectivity index (χ1) is 16.4. The summed E-state index contributed by atoms with van der Waals surface area (Å²) >= 11 is 24.0. The van der Waals surface area contributed by atoms with Crippen molar-refractivity contribution in [3.63, 3.8) is 0 Å². The third-order valence-electron chi connectivity index (χ3n) is 5.38. The van der Waals surface area contributed by atoms with Crippen molar-refractivity contribution in [3.8, 4) is 0 Å². The van der Waals surface area contributed by atoms with Crippen LogP contribution < -0.4 is 10.6 Å². The molecule has 2 amide bonds. The molecule has 2 unspecified atom stereocenters. The molecule has 0 aliphatic heterocycles. The molecule has 0 bridgehead atoms. The molecule has 1 aliphatic rings. The number of nitrogens with one attached hydrogen (secondary N) is 2. The molecule has 2 N–H and O–H groups in total. The first-order valence-corrected chi connectivity index (χ1v) is 11.6. The predicted molar refractivity (Wildman–Crippen MR) is 125 cm³/mol. The summed E-state index contributed by atoms with van der Waals surface area (Å²) in [7, 11) is 0. The maximum atomic E-state index is 13.6. The van der Waals surface area contributed by atoms with E-state index < -0.39 is 80.7 Å². The van der Waals surface area contributed by atoms with Crippen LogP contribution in [0, 0.1) is 11.7 Å². The monoisotopic (exact) mass is 594 g/mol. The smallest absolute Gasteiger partial charge is 0.352 e. The van der Waals surface area contributed by atoms with Crippen LogP contribution in [-0.4, -0.2) is 28.6 Å². The molecule has 2 aromatic rings. The largest absolute Gasteiger partial charge is 0.417 e. The van der Waals surface area contributed by atoms with Crippen molar-refractivity contribution in [1.82, 2.24) is 5.32 Å². The lowest BCUT2D eigenvalue weighted by molar-refractivity contribution is -0.137. The lowest BCUT2D eigenvalue weighted by atomic mass is 10.1. The highest BCUT2D eigenvalue weighted by Crippen LogP contribution is 2.65. The molecule has 2 aromatic carbocycles. The molecule has 2 atom stereocenters. The van der Waals surface area contributed by atoms with Crippen LogP contribution in [0.5, 0.6) is 0 Å². The Kier molecular flexibility index (Phi) is 8.06. The summed E-state index contributed by atoms with van der Waals surface area (Å²) in [4.78, 5) is 25.3. The average Bonchev–Trinajstić information content (AvgIpc) is 3.31. The van der Waals surface area contributed by atoms with Gasteiger partial charge in [0.05, 0.1) is 27.1 Å². The van der Waals surface area contributed by atoms with Gasteiger partial charge in [-0.3, -0.25) is 9.59 Å². The van der Waals surface area contributed by atoms with Crippen LogP contribution in [0.1, 0.15) is 40.7 Å². The van der Waals surface area contributed by atoms with E-state index in [-0.39, 0.29) is 5.02 Å². The zero-order chi connectivity index (χ0) is 27.2. The van der Waals surface area contributed by atoms with Crippen LogP contribution in [0.4, 0.5) is 32.0 Å². The Morgan fingerprint density at radius 2 is 1.69 bits per heavy atom. The van der Waals surface area contributed by atoms with Gasteiger partial charge in [0.2, 0.25) is 11.8 Å². The van der Waals surface area contributed by atoms with Gasteiger partial charge in [0.1, 0.15) is 10.2 Å². The number of anilines is 1. The lowest BCUT2D eigenvalue weighted by Crippen LogP contribution is -2.29. The second kappa shape index (κ2) is 10.1. The molecular weight excluding hydrogens is 580 g/mol. The van der Waals surface area contributed by atoms with Gasteiger partial charge < -0.3 is 10.6 Å². The number of hydrogen-bond donors (Lipinski definition) is 2. The van der Waals surface area contributed by atoms with E-state index in [0.29, 0.717) is 18.6 Å². The van der Waals surface area contributed by atoms with Gasteiger partial charge in [-0.1, -0.05) is 29.3 Å². The van der Waals surface area contributed by atoms with Gasteiger partial charge >= 0.3 is 6.18 Å². The molecule has 0 aromatic heterocycles. The summed E-state index contributed by atoms with van der Waals surface area (Å²) < 4.78 is 78.5. The molecule has 1 saturated carbocycles. The van der Waals surface area contributed by atoms with Crippen molar-refractivity contribution in [2.45, 2.75) is 35.7 Å². The topological polar surface area (TPSA) is 58.2 Å². The molecule has 4 nitrogen and oxygen atoms in total. The number of carbonyl (C=O) groups is 2. The van der Waals surface area contributed by atoms with Gasteiger partial charge in [-0.25, -0.2) is 13.2 Å². The molecular formula is C22H16Cl4F6N2O2.